The molecule has 8 nitrogen and oxygen atoms in total. The van der Waals surface area contributed by atoms with Crippen molar-refractivity contribution in [3.63, 3.8) is 0 Å². The van der Waals surface area contributed by atoms with Crippen LogP contribution in [-0.2, 0) is 9.59 Å². The minimum absolute atomic E-state index is 0.156. The Kier molecular flexibility index (Phi) is 22.5. The van der Waals surface area contributed by atoms with Crippen LogP contribution in [0.1, 0.15) is 12.8 Å². The van der Waals surface area contributed by atoms with Crippen molar-refractivity contribution in [3.05, 3.63) is 73.2 Å². The largest absolute Gasteiger partial charge is 0.481 e. The maximum Gasteiger partial charge on any atom is 0.304 e. The van der Waals surface area contributed by atoms with Gasteiger partial charge in [-0.15, -0.1) is 0 Å². The first-order valence-electron chi connectivity index (χ1n) is 9.87. The third-order valence-corrected chi connectivity index (χ3v) is 7.67. The molecule has 3 heterocycles. The molecule has 3 aromatic rings. The van der Waals surface area contributed by atoms with E-state index in [1.165, 1.54) is 21.6 Å². The second-order valence-corrected chi connectivity index (χ2v) is 10.6. The summed E-state index contributed by atoms with van der Waals surface area (Å²) in [4.78, 5) is 32.2. The fraction of sp³-hybridized carbons (Fsp3) is 0.227. The predicted molar refractivity (Wildman–Crippen MR) is 149 cm³/mol. The molecule has 0 aromatic carbocycles. The number of pyridine rings is 3. The number of carboxylic acid groups (broad SMARTS) is 2. The lowest BCUT2D eigenvalue weighted by Crippen LogP contribution is -1.94. The Morgan fingerprint density at radius 3 is 1.40 bits per heavy atom. The molecule has 0 unspecified atom stereocenters. The number of nitrogens with zero attached hydrogens (tertiary/aromatic N) is 3. The summed E-state index contributed by atoms with van der Waals surface area (Å²) < 4.78 is 0. The molecule has 0 radical (unpaired) electrons. The van der Waals surface area contributed by atoms with E-state index in [1.807, 2.05) is 54.6 Å². The van der Waals surface area contributed by atoms with Gasteiger partial charge < -0.3 is 15.3 Å². The number of hydrogen-bond donors (Lipinski definition) is 4. The van der Waals surface area contributed by atoms with Crippen molar-refractivity contribution in [2.45, 2.75) is 27.9 Å². The lowest BCUT2D eigenvalue weighted by atomic mass is 10.5. The van der Waals surface area contributed by atoms with Crippen LogP contribution in [0.4, 0.5) is 0 Å². The highest BCUT2D eigenvalue weighted by Gasteiger charge is 1.99. The monoisotopic (exact) mass is 573 g/mol. The van der Waals surface area contributed by atoms with Crippen molar-refractivity contribution in [1.82, 2.24) is 15.0 Å². The van der Waals surface area contributed by atoms with Crippen molar-refractivity contribution < 1.29 is 24.9 Å². The summed E-state index contributed by atoms with van der Waals surface area (Å²) in [6.45, 7) is 0. The average Bonchev–Trinajstić information content (AvgIpc) is 2.89. The Morgan fingerprint density at radius 2 is 1.11 bits per heavy atom. The van der Waals surface area contributed by atoms with Gasteiger partial charge in [-0.05, 0) is 68.8 Å². The van der Waals surface area contributed by atoms with Crippen molar-refractivity contribution in [2.75, 3.05) is 18.6 Å². The number of aliphatic hydroxyl groups is 1. The summed E-state index contributed by atoms with van der Waals surface area (Å²) in [6.07, 6.45) is 5.66. The molecule has 0 atom stereocenters. The zero-order valence-electron chi connectivity index (χ0n) is 18.8. The van der Waals surface area contributed by atoms with Crippen LogP contribution in [0.2, 0.25) is 0 Å². The molecule has 3 aromatic heterocycles. The van der Waals surface area contributed by atoms with E-state index in [0.717, 1.165) is 22.2 Å². The molecular weight excluding hydrogens is 547 g/mol. The Balaban J connectivity index is 0.000000513. The van der Waals surface area contributed by atoms with E-state index in [9.17, 15) is 9.59 Å². The summed E-state index contributed by atoms with van der Waals surface area (Å²) in [5.74, 6) is -0.509. The zero-order valence-corrected chi connectivity index (χ0v) is 23.0. The van der Waals surface area contributed by atoms with Crippen molar-refractivity contribution in [1.29, 1.82) is 0 Å². The average molecular weight is 574 g/mol. The fourth-order valence-electron chi connectivity index (χ4n) is 1.60. The number of aromatic nitrogens is 3. The van der Waals surface area contributed by atoms with Crippen molar-refractivity contribution in [3.8, 4) is 0 Å². The summed E-state index contributed by atoms with van der Waals surface area (Å²) in [5.41, 5.74) is 0. The number of thiol groups is 1. The van der Waals surface area contributed by atoms with Crippen molar-refractivity contribution >= 4 is 67.7 Å². The molecule has 0 saturated carbocycles. The molecule has 0 fully saturated rings. The second-order valence-electron chi connectivity index (χ2n) is 5.59. The molecular formula is C22H27N3O5S5. The van der Waals surface area contributed by atoms with Gasteiger partial charge in [-0.3, -0.25) is 9.59 Å². The minimum Gasteiger partial charge on any atom is -0.481 e. The third-order valence-electron chi connectivity index (χ3n) is 2.99. The maximum atomic E-state index is 10.2. The predicted octanol–water partition coefficient (Wildman–Crippen LogP) is 5.57. The lowest BCUT2D eigenvalue weighted by Gasteiger charge is -1.97. The molecule has 13 heteroatoms. The maximum absolute atomic E-state index is 10.2. The minimum atomic E-state index is -0.787. The van der Waals surface area contributed by atoms with Gasteiger partial charge in [0.15, 0.2) is 0 Å². The molecule has 35 heavy (non-hydrogen) atoms. The summed E-state index contributed by atoms with van der Waals surface area (Å²) in [6, 6.07) is 17.4. The van der Waals surface area contributed by atoms with Crippen LogP contribution in [0.25, 0.3) is 0 Å². The molecule has 0 aliphatic rings. The van der Waals surface area contributed by atoms with Gasteiger partial charge in [0.2, 0.25) is 0 Å². The van der Waals surface area contributed by atoms with Crippen LogP contribution in [0.5, 0.6) is 0 Å². The number of rotatable bonds is 10. The SMILES string of the molecule is CO.O=C(O)CCS.O=C(O)CCSSc1ccccn1.c1ccc(SSc2ccccn2)nc1. The van der Waals surface area contributed by atoms with E-state index in [0.29, 0.717) is 11.5 Å². The molecule has 190 valence electrons. The summed E-state index contributed by atoms with van der Waals surface area (Å²) in [7, 11) is 7.25. The van der Waals surface area contributed by atoms with Gasteiger partial charge in [0.1, 0.15) is 15.1 Å². The van der Waals surface area contributed by atoms with Gasteiger partial charge in [-0.2, -0.15) is 12.6 Å². The van der Waals surface area contributed by atoms with Crippen LogP contribution in [0, 0.1) is 0 Å². The van der Waals surface area contributed by atoms with Crippen LogP contribution in [0.3, 0.4) is 0 Å². The molecule has 3 N–H and O–H groups in total. The molecule has 0 aliphatic heterocycles. The number of aliphatic hydroxyl groups excluding tert-OH is 1. The Labute approximate surface area is 226 Å². The van der Waals surface area contributed by atoms with Gasteiger partial charge >= 0.3 is 11.9 Å². The summed E-state index contributed by atoms with van der Waals surface area (Å²) >= 11 is 3.68. The number of carbonyl (C=O) groups is 2. The summed E-state index contributed by atoms with van der Waals surface area (Å²) in [5, 5.41) is 26.2. The normalized spacial score (nSPS) is 9.23. The molecule has 0 amide bonds. The van der Waals surface area contributed by atoms with Crippen LogP contribution in [0.15, 0.2) is 88.3 Å². The number of carboxylic acids is 2. The standard InChI is InChI=1S/C10H8N2S2.C8H9NO2S2.C3H6O2S.CH4O/c1-3-7-11-9(5-1)13-14-10-6-2-4-8-12-10;10-8(11)4-6-12-13-7-3-1-2-5-9-7;4-3(5)1-2-6;1-2/h1-8H;1-3,5H,4,6H2,(H,10,11);6H,1-2H2,(H,4,5);2H,1H3. The van der Waals surface area contributed by atoms with Gasteiger partial charge in [0.25, 0.3) is 0 Å². The highest BCUT2D eigenvalue weighted by molar-refractivity contribution is 8.77. The molecule has 0 aliphatic carbocycles. The lowest BCUT2D eigenvalue weighted by molar-refractivity contribution is -0.137. The van der Waals surface area contributed by atoms with E-state index < -0.39 is 11.9 Å². The van der Waals surface area contributed by atoms with E-state index in [2.05, 4.69) is 27.6 Å². The highest BCUT2D eigenvalue weighted by atomic mass is 33.1. The quantitative estimate of drug-likeness (QED) is 0.137. The fourth-order valence-corrected chi connectivity index (χ4v) is 5.40. The van der Waals surface area contributed by atoms with Gasteiger partial charge in [0.05, 0.1) is 12.8 Å². The van der Waals surface area contributed by atoms with E-state index in [-0.39, 0.29) is 12.8 Å². The van der Waals surface area contributed by atoms with Gasteiger partial charge in [-0.25, -0.2) is 15.0 Å². The first-order valence-corrected chi connectivity index (χ1v) is 15.0. The van der Waals surface area contributed by atoms with E-state index in [4.69, 9.17) is 15.3 Å². The van der Waals surface area contributed by atoms with Gasteiger partial charge in [0, 0.05) is 37.2 Å². The van der Waals surface area contributed by atoms with Crippen molar-refractivity contribution in [2.24, 2.45) is 0 Å². The molecule has 3 rings (SSSR count). The Hall–Kier alpha value is -1.90. The topological polar surface area (TPSA) is 134 Å². The van der Waals surface area contributed by atoms with E-state index in [1.54, 1.807) is 40.2 Å². The van der Waals surface area contributed by atoms with Crippen LogP contribution >= 0.6 is 55.8 Å². The third kappa shape index (κ3) is 21.1. The molecule has 0 bridgehead atoms. The number of aliphatic carboxylic acids is 2. The molecule has 0 spiro atoms. The van der Waals surface area contributed by atoms with Crippen LogP contribution < -0.4 is 0 Å². The Morgan fingerprint density at radius 1 is 0.714 bits per heavy atom. The highest BCUT2D eigenvalue weighted by Crippen LogP contribution is 2.34. The van der Waals surface area contributed by atoms with Crippen LogP contribution in [-0.4, -0.2) is 60.8 Å². The number of hydrogen-bond acceptors (Lipinski definition) is 11. The zero-order chi connectivity index (χ0) is 26.2. The molecule has 0 saturated heterocycles. The Bertz CT molecular complexity index is 874. The first-order chi connectivity index (χ1) is 17.0. The van der Waals surface area contributed by atoms with Gasteiger partial charge in [-0.1, -0.05) is 29.0 Å². The second kappa shape index (κ2) is 23.8. The smallest absolute Gasteiger partial charge is 0.304 e. The van der Waals surface area contributed by atoms with E-state index >= 15 is 0 Å². The first kappa shape index (κ1) is 33.1.